The second kappa shape index (κ2) is 6.69. The Kier molecular flexibility index (Phi) is 4.94. The smallest absolute Gasteiger partial charge is 0.0417 e. The highest BCUT2D eigenvalue weighted by atomic mass is 14.7. The van der Waals surface area contributed by atoms with Gasteiger partial charge in [0.1, 0.15) is 0 Å². The lowest BCUT2D eigenvalue weighted by molar-refractivity contribution is 0.285. The minimum Gasteiger partial charge on any atom is -0.330 e. The maximum absolute atomic E-state index is 5.71. The van der Waals surface area contributed by atoms with Crippen molar-refractivity contribution in [2.75, 3.05) is 13.1 Å². The summed E-state index contributed by atoms with van der Waals surface area (Å²) < 4.78 is 0. The van der Waals surface area contributed by atoms with Gasteiger partial charge in [-0.25, -0.2) is 0 Å². The highest BCUT2D eigenvalue weighted by molar-refractivity contribution is 5.79. The van der Waals surface area contributed by atoms with Gasteiger partial charge >= 0.3 is 0 Å². The zero-order chi connectivity index (χ0) is 12.8. The van der Waals surface area contributed by atoms with E-state index in [-0.39, 0.29) is 0 Å². The summed E-state index contributed by atoms with van der Waals surface area (Å²) in [5, 5.41) is 0. The van der Waals surface area contributed by atoms with E-state index in [0.29, 0.717) is 0 Å². The van der Waals surface area contributed by atoms with E-state index in [4.69, 9.17) is 5.73 Å². The summed E-state index contributed by atoms with van der Waals surface area (Å²) in [5.41, 5.74) is 8.21. The van der Waals surface area contributed by atoms with Gasteiger partial charge in [-0.3, -0.25) is 4.99 Å². The highest BCUT2D eigenvalue weighted by Gasteiger charge is 2.19. The third-order valence-corrected chi connectivity index (χ3v) is 3.98. The first-order valence-corrected chi connectivity index (χ1v) is 7.04. The molecule has 1 fully saturated rings. The van der Waals surface area contributed by atoms with E-state index in [0.717, 1.165) is 24.9 Å². The Hall–Kier alpha value is -1.15. The maximum atomic E-state index is 5.71. The molecule has 2 rings (SSSR count). The molecule has 1 saturated carbocycles. The molecular formula is C16H24N2. The van der Waals surface area contributed by atoms with E-state index in [1.54, 1.807) is 0 Å². The zero-order valence-corrected chi connectivity index (χ0v) is 11.3. The van der Waals surface area contributed by atoms with Gasteiger partial charge in [-0.1, -0.05) is 29.8 Å². The predicted molar refractivity (Wildman–Crippen MR) is 78.1 cm³/mol. The average molecular weight is 244 g/mol. The number of aliphatic imine (C=N–C) groups is 1. The maximum Gasteiger partial charge on any atom is 0.0417 e. The average Bonchev–Trinajstić information content (AvgIpc) is 2.42. The number of hydrogen-bond donors (Lipinski definition) is 1. The molecule has 98 valence electrons. The van der Waals surface area contributed by atoms with Crippen LogP contribution in [-0.2, 0) is 0 Å². The van der Waals surface area contributed by atoms with E-state index in [1.807, 2.05) is 6.21 Å². The summed E-state index contributed by atoms with van der Waals surface area (Å²) in [5.74, 6) is 1.54. The van der Waals surface area contributed by atoms with Crippen LogP contribution in [0.25, 0.3) is 0 Å². The number of nitrogens with two attached hydrogens (primary N) is 1. The fraction of sp³-hybridized carbons (Fsp3) is 0.562. The highest BCUT2D eigenvalue weighted by Crippen LogP contribution is 2.28. The molecule has 1 aliphatic carbocycles. The molecule has 2 N–H and O–H groups in total. The number of rotatable bonds is 4. The predicted octanol–water partition coefficient (Wildman–Crippen LogP) is 3.18. The lowest BCUT2D eigenvalue weighted by atomic mass is 9.82. The van der Waals surface area contributed by atoms with Crippen LogP contribution in [0.5, 0.6) is 0 Å². The summed E-state index contributed by atoms with van der Waals surface area (Å²) in [6.07, 6.45) is 7.19. The van der Waals surface area contributed by atoms with Crippen molar-refractivity contribution in [1.29, 1.82) is 0 Å². The molecule has 2 heteroatoms. The van der Waals surface area contributed by atoms with Gasteiger partial charge in [0.15, 0.2) is 0 Å². The second-order valence-electron chi connectivity index (χ2n) is 5.53. The van der Waals surface area contributed by atoms with Gasteiger partial charge in [0.25, 0.3) is 0 Å². The van der Waals surface area contributed by atoms with Crippen LogP contribution in [0.4, 0.5) is 0 Å². The van der Waals surface area contributed by atoms with Crippen LogP contribution < -0.4 is 5.73 Å². The van der Waals surface area contributed by atoms with Crippen molar-refractivity contribution >= 4 is 6.21 Å². The van der Waals surface area contributed by atoms with Crippen LogP contribution in [0.2, 0.25) is 0 Å². The van der Waals surface area contributed by atoms with Crippen molar-refractivity contribution in [2.45, 2.75) is 32.6 Å². The SMILES string of the molecule is Cc1ccc(/C=N/CC2CCC(CN)CC2)cc1. The molecule has 0 unspecified atom stereocenters. The topological polar surface area (TPSA) is 38.4 Å². The van der Waals surface area contributed by atoms with Crippen LogP contribution in [0.3, 0.4) is 0 Å². The Morgan fingerprint density at radius 3 is 2.33 bits per heavy atom. The summed E-state index contributed by atoms with van der Waals surface area (Å²) in [4.78, 5) is 4.59. The van der Waals surface area contributed by atoms with Gasteiger partial charge in [-0.05, 0) is 56.6 Å². The van der Waals surface area contributed by atoms with E-state index in [1.165, 1.54) is 36.8 Å². The lowest BCUT2D eigenvalue weighted by Gasteiger charge is -2.26. The molecule has 1 aromatic carbocycles. The summed E-state index contributed by atoms with van der Waals surface area (Å²) in [6, 6.07) is 8.52. The molecule has 0 aliphatic heterocycles. The number of aryl methyl sites for hydroxylation is 1. The number of hydrogen-bond acceptors (Lipinski definition) is 2. The van der Waals surface area contributed by atoms with Crippen molar-refractivity contribution in [2.24, 2.45) is 22.6 Å². The van der Waals surface area contributed by atoms with E-state index < -0.39 is 0 Å². The normalized spacial score (nSPS) is 24.6. The number of benzene rings is 1. The van der Waals surface area contributed by atoms with Crippen LogP contribution in [0, 0.1) is 18.8 Å². The standard InChI is InChI=1S/C16H24N2/c1-13-2-4-15(5-3-13)11-18-12-16-8-6-14(10-17)7-9-16/h2-5,11,14,16H,6-10,12,17H2,1H3/b18-11+. The molecule has 0 bridgehead atoms. The molecule has 0 heterocycles. The first-order valence-electron chi connectivity index (χ1n) is 7.04. The fourth-order valence-corrected chi connectivity index (χ4v) is 2.61. The molecule has 0 aromatic heterocycles. The van der Waals surface area contributed by atoms with Crippen LogP contribution in [-0.4, -0.2) is 19.3 Å². The Balaban J connectivity index is 1.76. The van der Waals surface area contributed by atoms with Crippen LogP contribution in [0.15, 0.2) is 29.3 Å². The number of nitrogens with zero attached hydrogens (tertiary/aromatic N) is 1. The van der Waals surface area contributed by atoms with Gasteiger partial charge in [-0.2, -0.15) is 0 Å². The second-order valence-corrected chi connectivity index (χ2v) is 5.53. The van der Waals surface area contributed by atoms with Crippen molar-refractivity contribution in [3.05, 3.63) is 35.4 Å². The summed E-state index contributed by atoms with van der Waals surface area (Å²) in [6.45, 7) is 3.95. The molecule has 0 amide bonds. The van der Waals surface area contributed by atoms with Crippen molar-refractivity contribution < 1.29 is 0 Å². The van der Waals surface area contributed by atoms with Gasteiger partial charge in [0.2, 0.25) is 0 Å². The zero-order valence-electron chi connectivity index (χ0n) is 11.3. The van der Waals surface area contributed by atoms with Crippen molar-refractivity contribution in [3.8, 4) is 0 Å². The van der Waals surface area contributed by atoms with Crippen molar-refractivity contribution in [1.82, 2.24) is 0 Å². The fourth-order valence-electron chi connectivity index (χ4n) is 2.61. The largest absolute Gasteiger partial charge is 0.330 e. The first-order chi connectivity index (χ1) is 8.78. The monoisotopic (exact) mass is 244 g/mol. The third kappa shape index (κ3) is 3.95. The summed E-state index contributed by atoms with van der Waals surface area (Å²) in [7, 11) is 0. The lowest BCUT2D eigenvalue weighted by Crippen LogP contribution is -2.22. The molecule has 0 spiro atoms. The van der Waals surface area contributed by atoms with Gasteiger partial charge in [0, 0.05) is 12.8 Å². The van der Waals surface area contributed by atoms with Gasteiger partial charge < -0.3 is 5.73 Å². The summed E-state index contributed by atoms with van der Waals surface area (Å²) >= 11 is 0. The van der Waals surface area contributed by atoms with E-state index >= 15 is 0 Å². The molecule has 18 heavy (non-hydrogen) atoms. The Bertz CT molecular complexity index is 373. The minimum atomic E-state index is 0.766. The van der Waals surface area contributed by atoms with Gasteiger partial charge in [-0.15, -0.1) is 0 Å². The van der Waals surface area contributed by atoms with E-state index in [9.17, 15) is 0 Å². The Morgan fingerprint density at radius 2 is 1.72 bits per heavy atom. The molecule has 1 aromatic rings. The Morgan fingerprint density at radius 1 is 1.11 bits per heavy atom. The Labute approximate surface area is 110 Å². The molecule has 0 saturated heterocycles. The molecular weight excluding hydrogens is 220 g/mol. The van der Waals surface area contributed by atoms with Crippen LogP contribution >= 0.6 is 0 Å². The molecule has 0 atom stereocenters. The van der Waals surface area contributed by atoms with E-state index in [2.05, 4.69) is 36.2 Å². The molecule has 0 radical (unpaired) electrons. The van der Waals surface area contributed by atoms with Gasteiger partial charge in [0.05, 0.1) is 0 Å². The van der Waals surface area contributed by atoms with Crippen LogP contribution in [0.1, 0.15) is 36.8 Å². The quantitative estimate of drug-likeness (QED) is 0.812. The first kappa shape index (κ1) is 13.3. The minimum absolute atomic E-state index is 0.766. The third-order valence-electron chi connectivity index (χ3n) is 3.98. The molecule has 2 nitrogen and oxygen atoms in total. The van der Waals surface area contributed by atoms with Crippen molar-refractivity contribution in [3.63, 3.8) is 0 Å². The molecule has 1 aliphatic rings.